The van der Waals surface area contributed by atoms with Crippen molar-refractivity contribution < 1.29 is 32.4 Å². The zero-order valence-corrected chi connectivity index (χ0v) is 34.2. The van der Waals surface area contributed by atoms with Crippen molar-refractivity contribution in [2.45, 2.75) is 65.8 Å². The molecule has 4 aromatic carbocycles. The number of phosphoric acid groups is 1. The molecule has 0 aliphatic carbocycles. The second-order valence-electron chi connectivity index (χ2n) is 14.9. The van der Waals surface area contributed by atoms with E-state index in [0.29, 0.717) is 41.8 Å². The molecule has 2 atom stereocenters. The van der Waals surface area contributed by atoms with Gasteiger partial charge in [-0.05, 0) is 98.3 Å². The van der Waals surface area contributed by atoms with E-state index in [4.69, 9.17) is 23.0 Å². The molecule has 0 unspecified atom stereocenters. The number of pyridine rings is 1. The number of nitrogens with zero attached hydrogens (tertiary/aromatic N) is 5. The van der Waals surface area contributed by atoms with Crippen molar-refractivity contribution in [1.29, 1.82) is 0 Å². The quantitative estimate of drug-likeness (QED) is 0.0823. The van der Waals surface area contributed by atoms with Gasteiger partial charge < -0.3 is 18.5 Å². The first-order valence-electron chi connectivity index (χ1n) is 19.0. The van der Waals surface area contributed by atoms with Crippen LogP contribution < -0.4 is 13.8 Å². The minimum atomic E-state index is -4.74. The van der Waals surface area contributed by atoms with Gasteiger partial charge in [-0.15, -0.1) is 5.10 Å². The molecular formula is C44H48N5O7P. The fourth-order valence-corrected chi connectivity index (χ4v) is 9.26. The molecule has 13 heteroatoms. The lowest BCUT2D eigenvalue weighted by Crippen LogP contribution is -2.51. The zero-order valence-electron chi connectivity index (χ0n) is 33.3. The van der Waals surface area contributed by atoms with E-state index in [9.17, 15) is 4.79 Å². The Morgan fingerprint density at radius 1 is 0.947 bits per heavy atom. The Morgan fingerprint density at radius 2 is 1.63 bits per heavy atom. The van der Waals surface area contributed by atoms with Crippen LogP contribution in [0.25, 0.3) is 11.0 Å². The van der Waals surface area contributed by atoms with Gasteiger partial charge in [0.25, 0.3) is 0 Å². The fraction of sp³-hybridized carbons (Fsp3) is 0.318. The summed E-state index contributed by atoms with van der Waals surface area (Å²) < 4.78 is 49.0. The van der Waals surface area contributed by atoms with E-state index >= 15 is 4.57 Å². The van der Waals surface area contributed by atoms with Crippen molar-refractivity contribution in [1.82, 2.24) is 24.9 Å². The molecule has 0 N–H and O–H groups in total. The number of carbonyl (C=O) groups is 1. The number of fused-ring (bicyclic) bond motifs is 2. The molecule has 0 fully saturated rings. The van der Waals surface area contributed by atoms with Crippen LogP contribution in [-0.4, -0.2) is 50.6 Å². The number of rotatable bonds is 13. The largest absolute Gasteiger partial charge is 0.588 e. The molecule has 0 radical (unpaired) electrons. The van der Waals surface area contributed by atoms with Crippen molar-refractivity contribution in [3.63, 3.8) is 0 Å². The molecule has 0 spiro atoms. The summed E-state index contributed by atoms with van der Waals surface area (Å²) in [7, 11) is -1.60. The van der Waals surface area contributed by atoms with E-state index in [-0.39, 0.29) is 17.6 Å². The second kappa shape index (κ2) is 16.1. The number of para-hydroxylation sites is 2. The van der Waals surface area contributed by atoms with E-state index in [2.05, 4.69) is 27.1 Å². The molecule has 3 heterocycles. The number of hydrogen-bond acceptors (Lipinski definition) is 11. The topological polar surface area (TPSA) is 127 Å². The zero-order chi connectivity index (χ0) is 40.4. The third-order valence-corrected chi connectivity index (χ3v) is 12.1. The van der Waals surface area contributed by atoms with Gasteiger partial charge in [0.05, 0.1) is 12.6 Å². The average molecular weight is 790 g/mol. The Bertz CT molecular complexity index is 2380. The molecule has 1 aliphatic heterocycles. The Kier molecular flexibility index (Phi) is 11.2. The number of ether oxygens (including phenoxy) is 2. The van der Waals surface area contributed by atoms with Crippen LogP contribution in [0.5, 0.6) is 17.2 Å². The molecular weight excluding hydrogens is 741 g/mol. The number of phosphoric ester groups is 1. The Balaban J connectivity index is 1.47. The van der Waals surface area contributed by atoms with Crippen LogP contribution in [0, 0.1) is 19.3 Å². The number of esters is 1. The number of hydrogen-bond donors (Lipinski definition) is 0. The van der Waals surface area contributed by atoms with Gasteiger partial charge in [-0.2, -0.15) is 0 Å². The predicted octanol–water partition coefficient (Wildman–Crippen LogP) is 8.88. The second-order valence-corrected chi connectivity index (χ2v) is 16.3. The molecule has 6 aromatic rings. The van der Waals surface area contributed by atoms with Gasteiger partial charge in [-0.25, -0.2) is 13.8 Å². The van der Waals surface area contributed by atoms with Gasteiger partial charge in [0.2, 0.25) is 0 Å². The molecule has 0 saturated carbocycles. The predicted molar refractivity (Wildman–Crippen MR) is 217 cm³/mol. The number of methoxy groups -OCH3 is 1. The molecule has 0 amide bonds. The third kappa shape index (κ3) is 7.77. The van der Waals surface area contributed by atoms with Gasteiger partial charge >= 0.3 is 13.8 Å². The minimum absolute atomic E-state index is 0.0321. The van der Waals surface area contributed by atoms with Gasteiger partial charge in [0.1, 0.15) is 39.9 Å². The first-order chi connectivity index (χ1) is 27.4. The average Bonchev–Trinajstić information content (AvgIpc) is 3.49. The Hall–Kier alpha value is -5.55. The third-order valence-electron chi connectivity index (χ3n) is 10.8. The van der Waals surface area contributed by atoms with E-state index in [1.54, 1.807) is 73.3 Å². The number of carbonyl (C=O) groups excluding carboxylic acids is 1. The van der Waals surface area contributed by atoms with Gasteiger partial charge in [-0.3, -0.25) is 14.7 Å². The molecule has 0 bridgehead atoms. The van der Waals surface area contributed by atoms with Crippen molar-refractivity contribution >= 4 is 24.8 Å². The SMILES string of the molecule is CC[C@@H]1CN(Cc2cc([C@@](OP(=O)(Oc3ccccc3)Oc3ccccc3)(c3ccc4c(nnn4C)c3C)C(C)(C)C(=O)OC)ccc2C)Cc2cnccc2O1. The standard InChI is InChI=1S/C44H48N5O7P/c1-8-35-29-49(28-33-26-45-24-23-40(33)53-35)27-32-25-34(20-19-30(32)2)44(43(4,5)42(50)52-7,38-21-22-39-41(31(38)3)46-47-48(39)6)56-57(51,54-36-15-11-9-12-16-36)55-37-17-13-10-14-18-37/h9-26,35H,8,27-29H2,1-7H3/t35-,44-/m1/s1. The summed E-state index contributed by atoms with van der Waals surface area (Å²) in [5.74, 6) is 0.708. The van der Waals surface area contributed by atoms with Crippen molar-refractivity contribution in [2.75, 3.05) is 13.7 Å². The van der Waals surface area contributed by atoms with Crippen molar-refractivity contribution in [3.8, 4) is 17.2 Å². The summed E-state index contributed by atoms with van der Waals surface area (Å²) >= 11 is 0. The summed E-state index contributed by atoms with van der Waals surface area (Å²) in [5.41, 5.74) is 2.53. The molecule has 12 nitrogen and oxygen atoms in total. The monoisotopic (exact) mass is 789 g/mol. The van der Waals surface area contributed by atoms with Crippen LogP contribution in [0.1, 0.15) is 60.6 Å². The molecule has 0 saturated heterocycles. The van der Waals surface area contributed by atoms with E-state index in [0.717, 1.165) is 34.4 Å². The van der Waals surface area contributed by atoms with Crippen LogP contribution in [0.3, 0.4) is 0 Å². The summed E-state index contributed by atoms with van der Waals surface area (Å²) in [4.78, 5) is 21.1. The lowest BCUT2D eigenvalue weighted by Gasteiger charge is -2.46. The van der Waals surface area contributed by atoms with E-state index < -0.39 is 24.8 Å². The van der Waals surface area contributed by atoms with E-state index in [1.807, 2.05) is 75.6 Å². The first kappa shape index (κ1) is 39.7. The highest BCUT2D eigenvalue weighted by atomic mass is 31.2. The maximum Gasteiger partial charge on any atom is 0.588 e. The maximum absolute atomic E-state index is 15.7. The summed E-state index contributed by atoms with van der Waals surface area (Å²) in [6.07, 6.45) is 4.39. The van der Waals surface area contributed by atoms with Crippen LogP contribution in [0.4, 0.5) is 0 Å². The molecule has 7 rings (SSSR count). The summed E-state index contributed by atoms with van der Waals surface area (Å²) in [5, 5.41) is 8.79. The lowest BCUT2D eigenvalue weighted by atomic mass is 9.65. The maximum atomic E-state index is 15.7. The first-order valence-corrected chi connectivity index (χ1v) is 20.4. The molecule has 57 heavy (non-hydrogen) atoms. The molecule has 296 valence electrons. The van der Waals surface area contributed by atoms with Gasteiger partial charge in [-0.1, -0.05) is 72.8 Å². The number of benzene rings is 4. The normalized spacial score (nSPS) is 15.9. The Labute approximate surface area is 333 Å². The molecule has 2 aromatic heterocycles. The number of aryl methyl sites for hydroxylation is 3. The molecule has 1 aliphatic rings. The van der Waals surface area contributed by atoms with Crippen LogP contribution in [0.2, 0.25) is 0 Å². The summed E-state index contributed by atoms with van der Waals surface area (Å²) in [6, 6.07) is 28.9. The van der Waals surface area contributed by atoms with Gasteiger partial charge in [0.15, 0.2) is 0 Å². The summed E-state index contributed by atoms with van der Waals surface area (Å²) in [6.45, 7) is 11.3. The highest BCUT2D eigenvalue weighted by Crippen LogP contribution is 2.62. The van der Waals surface area contributed by atoms with Crippen LogP contribution in [0.15, 0.2) is 109 Å². The number of aromatic nitrogens is 4. The fourth-order valence-electron chi connectivity index (χ4n) is 7.62. The minimum Gasteiger partial charge on any atom is -0.489 e. The van der Waals surface area contributed by atoms with Crippen molar-refractivity contribution in [3.05, 3.63) is 143 Å². The van der Waals surface area contributed by atoms with E-state index in [1.165, 1.54) is 7.11 Å². The van der Waals surface area contributed by atoms with Crippen LogP contribution in [-0.2, 0) is 44.4 Å². The van der Waals surface area contributed by atoms with Gasteiger partial charge in [0, 0.05) is 44.6 Å². The highest BCUT2D eigenvalue weighted by Gasteiger charge is 2.60. The smallest absolute Gasteiger partial charge is 0.489 e. The lowest BCUT2D eigenvalue weighted by molar-refractivity contribution is -0.163. The highest BCUT2D eigenvalue weighted by molar-refractivity contribution is 7.49. The van der Waals surface area contributed by atoms with Crippen molar-refractivity contribution in [2.24, 2.45) is 12.5 Å². The Morgan fingerprint density at radius 3 is 2.28 bits per heavy atom. The van der Waals surface area contributed by atoms with Crippen LogP contribution >= 0.6 is 7.82 Å².